The molecule has 0 radical (unpaired) electrons. The predicted octanol–water partition coefficient (Wildman–Crippen LogP) is 4.38. The van der Waals surface area contributed by atoms with Crippen LogP contribution < -0.4 is 19.5 Å². The number of hydrogen-bond acceptors (Lipinski definition) is 5. The highest BCUT2D eigenvalue weighted by atomic mass is 16.5. The van der Waals surface area contributed by atoms with Crippen LogP contribution >= 0.6 is 0 Å². The molecule has 3 rings (SSSR count). The summed E-state index contributed by atoms with van der Waals surface area (Å²) in [6.07, 6.45) is 0. The summed E-state index contributed by atoms with van der Waals surface area (Å²) < 4.78 is 16.5. The molecule has 0 atom stereocenters. The van der Waals surface area contributed by atoms with Crippen LogP contribution in [0.1, 0.15) is 5.56 Å². The van der Waals surface area contributed by atoms with Crippen molar-refractivity contribution in [2.45, 2.75) is 0 Å². The molecule has 1 N–H and O–H groups in total. The van der Waals surface area contributed by atoms with Gasteiger partial charge in [-0.15, -0.1) is 0 Å². The second kappa shape index (κ2) is 9.10. The molecule has 0 aliphatic rings. The molecule has 0 aliphatic heterocycles. The maximum atomic E-state index is 12.2. The van der Waals surface area contributed by atoms with E-state index in [9.17, 15) is 4.79 Å². The van der Waals surface area contributed by atoms with Crippen molar-refractivity contribution in [3.05, 3.63) is 78.4 Å². The molecular weight excluding hydrogens is 356 g/mol. The average molecular weight is 374 g/mol. The second-order valence-corrected chi connectivity index (χ2v) is 5.76. The number of methoxy groups -OCH3 is 1. The fourth-order valence-corrected chi connectivity index (χ4v) is 2.46. The normalized spacial score (nSPS) is 9.86. The Hall–Kier alpha value is -3.98. The third-order valence-corrected chi connectivity index (χ3v) is 3.75. The summed E-state index contributed by atoms with van der Waals surface area (Å²) in [7, 11) is 1.47. The monoisotopic (exact) mass is 374 g/mol. The second-order valence-electron chi connectivity index (χ2n) is 5.76. The van der Waals surface area contributed by atoms with Crippen LogP contribution in [-0.2, 0) is 4.79 Å². The Labute approximate surface area is 162 Å². The number of amides is 1. The van der Waals surface area contributed by atoms with E-state index in [2.05, 4.69) is 5.32 Å². The molecule has 0 bridgehead atoms. The van der Waals surface area contributed by atoms with Crippen molar-refractivity contribution in [3.63, 3.8) is 0 Å². The molecule has 6 nitrogen and oxygen atoms in total. The number of carbonyl (C=O) groups excluding carboxylic acids is 1. The van der Waals surface area contributed by atoms with Gasteiger partial charge in [-0.25, -0.2) is 0 Å². The first kappa shape index (κ1) is 18.8. The number of carbonyl (C=O) groups is 1. The first-order valence-electron chi connectivity index (χ1n) is 8.51. The minimum Gasteiger partial charge on any atom is -0.493 e. The topological polar surface area (TPSA) is 80.6 Å². The van der Waals surface area contributed by atoms with E-state index in [-0.39, 0.29) is 12.5 Å². The van der Waals surface area contributed by atoms with Crippen LogP contribution in [0, 0.1) is 11.3 Å². The molecule has 0 aliphatic carbocycles. The Kier molecular flexibility index (Phi) is 6.11. The summed E-state index contributed by atoms with van der Waals surface area (Å²) in [5, 5.41) is 11.7. The maximum absolute atomic E-state index is 12.2. The van der Waals surface area contributed by atoms with Gasteiger partial charge in [0.25, 0.3) is 5.91 Å². The number of para-hydroxylation sites is 1. The summed E-state index contributed by atoms with van der Waals surface area (Å²) in [5.74, 6) is 1.77. The standard InChI is InChI=1S/C22H18N2O4/c1-26-21-12-16(14-23)10-11-20(21)27-15-22(25)24-17-6-5-9-19(13-17)28-18-7-3-2-4-8-18/h2-13H,15H2,1H3,(H,24,25). The molecule has 140 valence electrons. The summed E-state index contributed by atoms with van der Waals surface area (Å²) in [6.45, 7) is -0.202. The van der Waals surface area contributed by atoms with Gasteiger partial charge in [-0.1, -0.05) is 24.3 Å². The van der Waals surface area contributed by atoms with Gasteiger partial charge in [-0.05, 0) is 36.4 Å². The lowest BCUT2D eigenvalue weighted by molar-refractivity contribution is -0.118. The highest BCUT2D eigenvalue weighted by molar-refractivity contribution is 5.92. The van der Waals surface area contributed by atoms with Crippen molar-refractivity contribution >= 4 is 11.6 Å². The minimum atomic E-state index is -0.330. The fourth-order valence-electron chi connectivity index (χ4n) is 2.46. The number of hydrogen-bond donors (Lipinski definition) is 1. The van der Waals surface area contributed by atoms with Gasteiger partial charge in [-0.2, -0.15) is 5.26 Å². The summed E-state index contributed by atoms with van der Waals surface area (Å²) >= 11 is 0. The predicted molar refractivity (Wildman–Crippen MR) is 105 cm³/mol. The van der Waals surface area contributed by atoms with Crippen molar-refractivity contribution in [2.24, 2.45) is 0 Å². The van der Waals surface area contributed by atoms with E-state index in [1.807, 2.05) is 36.4 Å². The Balaban J connectivity index is 1.59. The molecule has 6 heteroatoms. The first-order chi connectivity index (χ1) is 13.7. The Morgan fingerprint density at radius 1 is 0.964 bits per heavy atom. The zero-order chi connectivity index (χ0) is 19.8. The third kappa shape index (κ3) is 5.02. The quantitative estimate of drug-likeness (QED) is 0.664. The van der Waals surface area contributed by atoms with Gasteiger partial charge in [-0.3, -0.25) is 4.79 Å². The number of nitriles is 1. The van der Waals surface area contributed by atoms with Gasteiger partial charge in [0.05, 0.1) is 18.7 Å². The van der Waals surface area contributed by atoms with Crippen LogP contribution in [0.3, 0.4) is 0 Å². The van der Waals surface area contributed by atoms with Crippen molar-refractivity contribution in [2.75, 3.05) is 19.0 Å². The van der Waals surface area contributed by atoms with Crippen LogP contribution in [0.4, 0.5) is 5.69 Å². The van der Waals surface area contributed by atoms with Crippen molar-refractivity contribution in [1.82, 2.24) is 0 Å². The molecule has 0 saturated carbocycles. The van der Waals surface area contributed by atoms with Gasteiger partial charge >= 0.3 is 0 Å². The number of ether oxygens (including phenoxy) is 3. The maximum Gasteiger partial charge on any atom is 0.262 e. The zero-order valence-corrected chi connectivity index (χ0v) is 15.2. The van der Waals surface area contributed by atoms with Gasteiger partial charge in [0.2, 0.25) is 0 Å². The SMILES string of the molecule is COc1cc(C#N)ccc1OCC(=O)Nc1cccc(Oc2ccccc2)c1. The lowest BCUT2D eigenvalue weighted by Crippen LogP contribution is -2.20. The van der Waals surface area contributed by atoms with E-state index < -0.39 is 0 Å². The summed E-state index contributed by atoms with van der Waals surface area (Å²) in [6, 6.07) is 23.2. The van der Waals surface area contributed by atoms with Crippen molar-refractivity contribution in [1.29, 1.82) is 5.26 Å². The van der Waals surface area contributed by atoms with Gasteiger partial charge < -0.3 is 19.5 Å². The molecule has 0 heterocycles. The highest BCUT2D eigenvalue weighted by Crippen LogP contribution is 2.28. The zero-order valence-electron chi connectivity index (χ0n) is 15.2. The number of benzene rings is 3. The van der Waals surface area contributed by atoms with E-state index in [0.29, 0.717) is 34.2 Å². The van der Waals surface area contributed by atoms with Gasteiger partial charge in [0, 0.05) is 17.8 Å². The minimum absolute atomic E-state index is 0.202. The Morgan fingerprint density at radius 2 is 1.75 bits per heavy atom. The van der Waals surface area contributed by atoms with Crippen LogP contribution in [0.2, 0.25) is 0 Å². The van der Waals surface area contributed by atoms with Crippen molar-refractivity contribution < 1.29 is 19.0 Å². The molecule has 1 amide bonds. The first-order valence-corrected chi connectivity index (χ1v) is 8.51. The lowest BCUT2D eigenvalue weighted by atomic mass is 10.2. The average Bonchev–Trinajstić information content (AvgIpc) is 2.73. The summed E-state index contributed by atoms with van der Waals surface area (Å²) in [5.41, 5.74) is 1.04. The van der Waals surface area contributed by atoms with Gasteiger partial charge in [0.1, 0.15) is 11.5 Å². The molecule has 0 aromatic heterocycles. The van der Waals surface area contributed by atoms with E-state index in [4.69, 9.17) is 19.5 Å². The molecular formula is C22H18N2O4. The molecule has 3 aromatic rings. The lowest BCUT2D eigenvalue weighted by Gasteiger charge is -2.12. The number of nitrogens with zero attached hydrogens (tertiary/aromatic N) is 1. The largest absolute Gasteiger partial charge is 0.493 e. The van der Waals surface area contributed by atoms with E-state index >= 15 is 0 Å². The van der Waals surface area contributed by atoms with Crippen LogP contribution in [0.25, 0.3) is 0 Å². The number of nitrogens with one attached hydrogen (secondary N) is 1. The third-order valence-electron chi connectivity index (χ3n) is 3.75. The highest BCUT2D eigenvalue weighted by Gasteiger charge is 2.09. The summed E-state index contributed by atoms with van der Waals surface area (Å²) in [4.78, 5) is 12.2. The number of rotatable bonds is 7. The van der Waals surface area contributed by atoms with E-state index in [0.717, 1.165) is 0 Å². The molecule has 0 unspecified atom stereocenters. The number of anilines is 1. The molecule has 0 fully saturated rings. The Bertz CT molecular complexity index is 997. The van der Waals surface area contributed by atoms with E-state index in [1.165, 1.54) is 7.11 Å². The molecule has 3 aromatic carbocycles. The van der Waals surface area contributed by atoms with Gasteiger partial charge in [0.15, 0.2) is 18.1 Å². The van der Waals surface area contributed by atoms with Crippen LogP contribution in [0.5, 0.6) is 23.0 Å². The van der Waals surface area contributed by atoms with Crippen LogP contribution in [-0.4, -0.2) is 19.6 Å². The smallest absolute Gasteiger partial charge is 0.262 e. The Morgan fingerprint density at radius 3 is 2.50 bits per heavy atom. The van der Waals surface area contributed by atoms with Crippen molar-refractivity contribution in [3.8, 4) is 29.1 Å². The van der Waals surface area contributed by atoms with E-state index in [1.54, 1.807) is 42.5 Å². The fraction of sp³-hybridized carbons (Fsp3) is 0.0909. The van der Waals surface area contributed by atoms with Crippen LogP contribution in [0.15, 0.2) is 72.8 Å². The molecule has 28 heavy (non-hydrogen) atoms. The molecule has 0 spiro atoms. The molecule has 0 saturated heterocycles.